The summed E-state index contributed by atoms with van der Waals surface area (Å²) in [6.45, 7) is 4.49. The Labute approximate surface area is 118 Å². The Hall–Kier alpha value is -1.46. The SMILES string of the molecule is COc1ccc(F)cc1C(=O)CN1CCCOC(C)C1. The average molecular weight is 281 g/mol. The number of Topliss-reactive ketones (excluding diaryl/α,β-unsaturated/α-hetero) is 1. The maximum absolute atomic E-state index is 13.3. The first-order chi connectivity index (χ1) is 9.60. The van der Waals surface area contributed by atoms with E-state index in [1.807, 2.05) is 11.8 Å². The van der Waals surface area contributed by atoms with Gasteiger partial charge in [-0.15, -0.1) is 0 Å². The molecule has 1 heterocycles. The number of hydrogen-bond donors (Lipinski definition) is 0. The second-order valence-corrected chi connectivity index (χ2v) is 5.04. The van der Waals surface area contributed by atoms with Crippen molar-refractivity contribution in [3.05, 3.63) is 29.6 Å². The lowest BCUT2D eigenvalue weighted by Gasteiger charge is -2.21. The summed E-state index contributed by atoms with van der Waals surface area (Å²) in [7, 11) is 1.48. The number of halogens is 1. The van der Waals surface area contributed by atoms with Gasteiger partial charge < -0.3 is 9.47 Å². The standard InChI is InChI=1S/C15H20FNO3/c1-11-9-17(6-3-7-20-11)10-14(18)13-8-12(16)4-5-15(13)19-2/h4-5,8,11H,3,6-7,9-10H2,1-2H3. The number of carbonyl (C=O) groups excluding carboxylic acids is 1. The minimum absolute atomic E-state index is 0.111. The molecule has 0 saturated carbocycles. The van der Waals surface area contributed by atoms with Crippen LogP contribution in [-0.2, 0) is 4.74 Å². The number of ketones is 1. The smallest absolute Gasteiger partial charge is 0.180 e. The van der Waals surface area contributed by atoms with Crippen LogP contribution in [0.3, 0.4) is 0 Å². The quantitative estimate of drug-likeness (QED) is 0.793. The van der Waals surface area contributed by atoms with E-state index in [1.54, 1.807) is 0 Å². The highest BCUT2D eigenvalue weighted by Gasteiger charge is 2.20. The molecular formula is C15H20FNO3. The van der Waals surface area contributed by atoms with E-state index in [0.29, 0.717) is 17.9 Å². The van der Waals surface area contributed by atoms with E-state index >= 15 is 0 Å². The van der Waals surface area contributed by atoms with Gasteiger partial charge in [-0.05, 0) is 31.5 Å². The summed E-state index contributed by atoms with van der Waals surface area (Å²) in [5, 5.41) is 0. The number of rotatable bonds is 4. The fourth-order valence-corrected chi connectivity index (χ4v) is 2.41. The molecule has 1 aliphatic heterocycles. The number of nitrogens with zero attached hydrogens (tertiary/aromatic N) is 1. The Kier molecular flexibility index (Phi) is 5.09. The first kappa shape index (κ1) is 14.9. The summed E-state index contributed by atoms with van der Waals surface area (Å²) in [6.07, 6.45) is 1.01. The van der Waals surface area contributed by atoms with Gasteiger partial charge >= 0.3 is 0 Å². The molecule has 0 aliphatic carbocycles. The molecule has 1 atom stereocenters. The van der Waals surface area contributed by atoms with Crippen LogP contribution in [0.5, 0.6) is 5.75 Å². The van der Waals surface area contributed by atoms with Gasteiger partial charge in [0.25, 0.3) is 0 Å². The third kappa shape index (κ3) is 3.77. The highest BCUT2D eigenvalue weighted by atomic mass is 19.1. The molecule has 2 rings (SSSR count). The van der Waals surface area contributed by atoms with E-state index < -0.39 is 5.82 Å². The molecule has 0 spiro atoms. The van der Waals surface area contributed by atoms with Crippen LogP contribution in [0.2, 0.25) is 0 Å². The maximum atomic E-state index is 13.3. The Balaban J connectivity index is 2.09. The molecule has 1 aromatic carbocycles. The fourth-order valence-electron chi connectivity index (χ4n) is 2.41. The van der Waals surface area contributed by atoms with Crippen LogP contribution < -0.4 is 4.74 Å². The van der Waals surface area contributed by atoms with Crippen LogP contribution >= 0.6 is 0 Å². The van der Waals surface area contributed by atoms with Gasteiger partial charge in [0, 0.05) is 19.7 Å². The van der Waals surface area contributed by atoms with Crippen molar-refractivity contribution >= 4 is 5.78 Å². The summed E-state index contributed by atoms with van der Waals surface area (Å²) in [5.41, 5.74) is 0.297. The number of methoxy groups -OCH3 is 1. The predicted octanol–water partition coefficient (Wildman–Crippen LogP) is 2.13. The molecule has 110 valence electrons. The number of ether oxygens (including phenoxy) is 2. The van der Waals surface area contributed by atoms with E-state index in [9.17, 15) is 9.18 Å². The van der Waals surface area contributed by atoms with E-state index in [2.05, 4.69) is 0 Å². The molecule has 1 fully saturated rings. The normalized spacial score (nSPS) is 20.4. The second kappa shape index (κ2) is 6.81. The van der Waals surface area contributed by atoms with Crippen molar-refractivity contribution in [3.8, 4) is 5.75 Å². The molecular weight excluding hydrogens is 261 g/mol. The molecule has 1 unspecified atom stereocenters. The molecule has 1 saturated heterocycles. The molecule has 4 nitrogen and oxygen atoms in total. The van der Waals surface area contributed by atoms with Crippen LogP contribution in [-0.4, -0.2) is 50.1 Å². The van der Waals surface area contributed by atoms with Crippen LogP contribution in [0.4, 0.5) is 4.39 Å². The molecule has 1 aliphatic rings. The lowest BCUT2D eigenvalue weighted by molar-refractivity contribution is 0.0656. The Morgan fingerprint density at radius 1 is 1.55 bits per heavy atom. The van der Waals surface area contributed by atoms with Gasteiger partial charge in [0.1, 0.15) is 11.6 Å². The van der Waals surface area contributed by atoms with Crippen molar-refractivity contribution in [2.45, 2.75) is 19.4 Å². The highest BCUT2D eigenvalue weighted by molar-refractivity contribution is 6.00. The monoisotopic (exact) mass is 281 g/mol. The molecule has 0 amide bonds. The van der Waals surface area contributed by atoms with Gasteiger partial charge in [0.15, 0.2) is 5.78 Å². The Morgan fingerprint density at radius 3 is 3.10 bits per heavy atom. The minimum atomic E-state index is -0.429. The van der Waals surface area contributed by atoms with Crippen molar-refractivity contribution in [2.24, 2.45) is 0 Å². The molecule has 0 N–H and O–H groups in total. The zero-order chi connectivity index (χ0) is 14.5. The molecule has 0 aromatic heterocycles. The van der Waals surface area contributed by atoms with E-state index in [0.717, 1.165) is 19.6 Å². The lowest BCUT2D eigenvalue weighted by Crippen LogP contribution is -2.35. The Bertz CT molecular complexity index is 478. The summed E-state index contributed by atoms with van der Waals surface area (Å²) < 4.78 is 24.0. The van der Waals surface area contributed by atoms with Gasteiger partial charge in [-0.3, -0.25) is 9.69 Å². The van der Waals surface area contributed by atoms with Crippen molar-refractivity contribution < 1.29 is 18.7 Å². The van der Waals surface area contributed by atoms with Gasteiger partial charge in [0.2, 0.25) is 0 Å². The Morgan fingerprint density at radius 2 is 2.35 bits per heavy atom. The second-order valence-electron chi connectivity index (χ2n) is 5.04. The first-order valence-electron chi connectivity index (χ1n) is 6.81. The number of hydrogen-bond acceptors (Lipinski definition) is 4. The van der Waals surface area contributed by atoms with Crippen molar-refractivity contribution in [2.75, 3.05) is 33.4 Å². The van der Waals surface area contributed by atoms with Gasteiger partial charge in [-0.2, -0.15) is 0 Å². The summed E-state index contributed by atoms with van der Waals surface area (Å²) in [6, 6.07) is 4.01. The molecule has 0 bridgehead atoms. The number of benzene rings is 1. The topological polar surface area (TPSA) is 38.8 Å². The number of carbonyl (C=O) groups is 1. The summed E-state index contributed by atoms with van der Waals surface area (Å²) in [5.74, 6) is -0.146. The van der Waals surface area contributed by atoms with Gasteiger partial charge in [0.05, 0.1) is 25.3 Å². The molecule has 1 aromatic rings. The van der Waals surface area contributed by atoms with E-state index in [-0.39, 0.29) is 18.4 Å². The van der Waals surface area contributed by atoms with Crippen LogP contribution in [0.1, 0.15) is 23.7 Å². The average Bonchev–Trinajstić information content (AvgIpc) is 2.63. The van der Waals surface area contributed by atoms with Crippen LogP contribution in [0, 0.1) is 5.82 Å². The summed E-state index contributed by atoms with van der Waals surface area (Å²) >= 11 is 0. The molecule has 20 heavy (non-hydrogen) atoms. The lowest BCUT2D eigenvalue weighted by atomic mass is 10.1. The maximum Gasteiger partial charge on any atom is 0.180 e. The van der Waals surface area contributed by atoms with Crippen LogP contribution in [0.25, 0.3) is 0 Å². The third-order valence-electron chi connectivity index (χ3n) is 3.37. The van der Waals surface area contributed by atoms with Crippen molar-refractivity contribution in [3.63, 3.8) is 0 Å². The zero-order valence-corrected chi connectivity index (χ0v) is 11.9. The van der Waals surface area contributed by atoms with E-state index in [1.165, 1.54) is 25.3 Å². The zero-order valence-electron chi connectivity index (χ0n) is 11.9. The minimum Gasteiger partial charge on any atom is -0.496 e. The predicted molar refractivity (Wildman–Crippen MR) is 73.8 cm³/mol. The van der Waals surface area contributed by atoms with E-state index in [4.69, 9.17) is 9.47 Å². The van der Waals surface area contributed by atoms with Crippen molar-refractivity contribution in [1.29, 1.82) is 0 Å². The van der Waals surface area contributed by atoms with Crippen molar-refractivity contribution in [1.82, 2.24) is 4.90 Å². The largest absolute Gasteiger partial charge is 0.496 e. The molecule has 0 radical (unpaired) electrons. The third-order valence-corrected chi connectivity index (χ3v) is 3.37. The highest BCUT2D eigenvalue weighted by Crippen LogP contribution is 2.20. The summed E-state index contributed by atoms with van der Waals surface area (Å²) in [4.78, 5) is 14.4. The van der Waals surface area contributed by atoms with Crippen LogP contribution in [0.15, 0.2) is 18.2 Å². The van der Waals surface area contributed by atoms with Gasteiger partial charge in [-0.25, -0.2) is 4.39 Å². The van der Waals surface area contributed by atoms with Gasteiger partial charge in [-0.1, -0.05) is 0 Å². The first-order valence-corrected chi connectivity index (χ1v) is 6.81. The fraction of sp³-hybridized carbons (Fsp3) is 0.533. The molecule has 5 heteroatoms.